The van der Waals surface area contributed by atoms with E-state index in [0.29, 0.717) is 12.5 Å². The van der Waals surface area contributed by atoms with E-state index in [9.17, 15) is 0 Å². The van der Waals surface area contributed by atoms with Crippen molar-refractivity contribution < 1.29 is 0 Å². The molecule has 1 unspecified atom stereocenters. The summed E-state index contributed by atoms with van der Waals surface area (Å²) >= 11 is 0. The van der Waals surface area contributed by atoms with Gasteiger partial charge in [-0.3, -0.25) is 0 Å². The Kier molecular flexibility index (Phi) is 6.38. The summed E-state index contributed by atoms with van der Waals surface area (Å²) in [6.45, 7) is 13.0. The van der Waals surface area contributed by atoms with Crippen LogP contribution in [0, 0.1) is 11.8 Å². The van der Waals surface area contributed by atoms with Gasteiger partial charge in [-0.1, -0.05) is 40.5 Å². The van der Waals surface area contributed by atoms with E-state index in [0.717, 1.165) is 12.5 Å². The summed E-state index contributed by atoms with van der Waals surface area (Å²) in [7, 11) is 0. The summed E-state index contributed by atoms with van der Waals surface area (Å²) in [6, 6.07) is 0. The molecule has 2 heteroatoms. The molecule has 0 saturated carbocycles. The molecule has 0 radical (unpaired) electrons. The van der Waals surface area contributed by atoms with Gasteiger partial charge in [0.25, 0.3) is 0 Å². The second-order valence-electron chi connectivity index (χ2n) is 4.84. The van der Waals surface area contributed by atoms with Crippen LogP contribution in [0.2, 0.25) is 0 Å². The number of rotatable bonds is 7. The Balaban J connectivity index is 4.06. The zero-order valence-corrected chi connectivity index (χ0v) is 10.6. The van der Waals surface area contributed by atoms with E-state index >= 15 is 0 Å². The molecule has 86 valence electrons. The minimum Gasteiger partial charge on any atom is -0.329 e. The molecule has 0 heterocycles. The van der Waals surface area contributed by atoms with Crippen LogP contribution in [0.15, 0.2) is 0 Å². The topological polar surface area (TPSA) is 38.0 Å². The van der Waals surface area contributed by atoms with Crippen molar-refractivity contribution in [1.29, 1.82) is 0 Å². The highest BCUT2D eigenvalue weighted by Gasteiger charge is 2.26. The molecule has 0 spiro atoms. The van der Waals surface area contributed by atoms with Crippen LogP contribution in [0.3, 0.4) is 0 Å². The van der Waals surface area contributed by atoms with Gasteiger partial charge in [-0.15, -0.1) is 0 Å². The Bertz CT molecular complexity index is 141. The maximum atomic E-state index is 5.81. The van der Waals surface area contributed by atoms with Gasteiger partial charge in [0.2, 0.25) is 0 Å². The highest BCUT2D eigenvalue weighted by molar-refractivity contribution is 4.87. The molecular formula is C12H28N2. The molecule has 0 aliphatic rings. The van der Waals surface area contributed by atoms with E-state index in [4.69, 9.17) is 5.73 Å². The zero-order valence-electron chi connectivity index (χ0n) is 10.6. The molecule has 0 aromatic carbocycles. The minimum absolute atomic E-state index is 0.0998. The Morgan fingerprint density at radius 2 is 1.71 bits per heavy atom. The van der Waals surface area contributed by atoms with E-state index in [1.165, 1.54) is 12.8 Å². The first-order chi connectivity index (χ1) is 6.50. The molecule has 0 aliphatic carbocycles. The lowest BCUT2D eigenvalue weighted by molar-refractivity contribution is 0.249. The van der Waals surface area contributed by atoms with Crippen molar-refractivity contribution in [1.82, 2.24) is 5.32 Å². The minimum atomic E-state index is 0.0998. The lowest BCUT2D eigenvalue weighted by atomic mass is 9.87. The molecule has 0 fully saturated rings. The van der Waals surface area contributed by atoms with Crippen molar-refractivity contribution >= 4 is 0 Å². The van der Waals surface area contributed by atoms with Crippen LogP contribution in [0.4, 0.5) is 0 Å². The standard InChI is InChI=1S/C12H28N2/c1-6-11(7-2)8-14-12(5,9-13)10(3)4/h10-11,14H,6-9,13H2,1-5H3. The van der Waals surface area contributed by atoms with Gasteiger partial charge in [0, 0.05) is 12.1 Å². The SMILES string of the molecule is CCC(CC)CNC(C)(CN)C(C)C. The van der Waals surface area contributed by atoms with Crippen LogP contribution in [0.25, 0.3) is 0 Å². The van der Waals surface area contributed by atoms with E-state index in [2.05, 4.69) is 39.9 Å². The van der Waals surface area contributed by atoms with Crippen LogP contribution in [0.1, 0.15) is 47.5 Å². The molecule has 0 aromatic rings. The first-order valence-corrected chi connectivity index (χ1v) is 5.95. The van der Waals surface area contributed by atoms with E-state index in [-0.39, 0.29) is 5.54 Å². The normalized spacial score (nSPS) is 16.3. The highest BCUT2D eigenvalue weighted by atomic mass is 15.0. The van der Waals surface area contributed by atoms with Gasteiger partial charge in [-0.05, 0) is 25.3 Å². The predicted octanol–water partition coefficient (Wildman–Crippen LogP) is 2.39. The Morgan fingerprint density at radius 3 is 2.00 bits per heavy atom. The number of nitrogens with one attached hydrogen (secondary N) is 1. The fraction of sp³-hybridized carbons (Fsp3) is 1.00. The Labute approximate surface area is 89.6 Å². The summed E-state index contributed by atoms with van der Waals surface area (Å²) in [5, 5.41) is 3.62. The molecule has 14 heavy (non-hydrogen) atoms. The molecule has 0 rings (SSSR count). The zero-order chi connectivity index (χ0) is 11.2. The average Bonchev–Trinajstić information content (AvgIpc) is 2.18. The van der Waals surface area contributed by atoms with Crippen molar-refractivity contribution in [2.45, 2.75) is 53.0 Å². The third-order valence-electron chi connectivity index (χ3n) is 3.65. The van der Waals surface area contributed by atoms with Crippen LogP contribution >= 0.6 is 0 Å². The van der Waals surface area contributed by atoms with Crippen LogP contribution < -0.4 is 11.1 Å². The monoisotopic (exact) mass is 200 g/mol. The van der Waals surface area contributed by atoms with Gasteiger partial charge in [0.1, 0.15) is 0 Å². The molecule has 3 N–H and O–H groups in total. The van der Waals surface area contributed by atoms with Crippen LogP contribution in [0.5, 0.6) is 0 Å². The molecule has 0 saturated heterocycles. The van der Waals surface area contributed by atoms with Crippen molar-refractivity contribution in [3.05, 3.63) is 0 Å². The number of hydrogen-bond donors (Lipinski definition) is 2. The average molecular weight is 200 g/mol. The number of nitrogens with two attached hydrogens (primary N) is 1. The van der Waals surface area contributed by atoms with Crippen molar-refractivity contribution in [3.8, 4) is 0 Å². The van der Waals surface area contributed by atoms with Crippen molar-refractivity contribution in [2.75, 3.05) is 13.1 Å². The summed E-state index contributed by atoms with van der Waals surface area (Å²) in [6.07, 6.45) is 2.50. The maximum Gasteiger partial charge on any atom is 0.0298 e. The maximum absolute atomic E-state index is 5.81. The second kappa shape index (κ2) is 6.41. The fourth-order valence-corrected chi connectivity index (χ4v) is 1.47. The largest absolute Gasteiger partial charge is 0.329 e. The summed E-state index contributed by atoms with van der Waals surface area (Å²) in [4.78, 5) is 0. The van der Waals surface area contributed by atoms with Gasteiger partial charge in [0.15, 0.2) is 0 Å². The quantitative estimate of drug-likeness (QED) is 0.662. The van der Waals surface area contributed by atoms with Gasteiger partial charge >= 0.3 is 0 Å². The summed E-state index contributed by atoms with van der Waals surface area (Å²) < 4.78 is 0. The fourth-order valence-electron chi connectivity index (χ4n) is 1.47. The summed E-state index contributed by atoms with van der Waals surface area (Å²) in [5.74, 6) is 1.38. The predicted molar refractivity (Wildman–Crippen MR) is 64.4 cm³/mol. The third-order valence-corrected chi connectivity index (χ3v) is 3.65. The lowest BCUT2D eigenvalue weighted by Gasteiger charge is -2.35. The first-order valence-electron chi connectivity index (χ1n) is 5.95. The summed E-state index contributed by atoms with van der Waals surface area (Å²) in [5.41, 5.74) is 5.91. The lowest BCUT2D eigenvalue weighted by Crippen LogP contribution is -2.53. The number of hydrogen-bond acceptors (Lipinski definition) is 2. The van der Waals surface area contributed by atoms with Crippen molar-refractivity contribution in [3.63, 3.8) is 0 Å². The molecule has 0 amide bonds. The molecular weight excluding hydrogens is 172 g/mol. The third kappa shape index (κ3) is 3.97. The van der Waals surface area contributed by atoms with Gasteiger partial charge < -0.3 is 11.1 Å². The highest BCUT2D eigenvalue weighted by Crippen LogP contribution is 2.16. The Morgan fingerprint density at radius 1 is 1.21 bits per heavy atom. The Hall–Kier alpha value is -0.0800. The van der Waals surface area contributed by atoms with Gasteiger partial charge in [-0.2, -0.15) is 0 Å². The van der Waals surface area contributed by atoms with Crippen LogP contribution in [-0.4, -0.2) is 18.6 Å². The van der Waals surface area contributed by atoms with Gasteiger partial charge in [-0.25, -0.2) is 0 Å². The molecule has 1 atom stereocenters. The molecule has 0 bridgehead atoms. The van der Waals surface area contributed by atoms with E-state index in [1.54, 1.807) is 0 Å². The van der Waals surface area contributed by atoms with Crippen LogP contribution in [-0.2, 0) is 0 Å². The van der Waals surface area contributed by atoms with E-state index < -0.39 is 0 Å². The molecule has 2 nitrogen and oxygen atoms in total. The second-order valence-corrected chi connectivity index (χ2v) is 4.84. The van der Waals surface area contributed by atoms with Crippen molar-refractivity contribution in [2.24, 2.45) is 17.6 Å². The first kappa shape index (κ1) is 13.9. The molecule has 0 aromatic heterocycles. The van der Waals surface area contributed by atoms with E-state index in [1.807, 2.05) is 0 Å². The molecule has 0 aliphatic heterocycles. The smallest absolute Gasteiger partial charge is 0.0298 e. The van der Waals surface area contributed by atoms with Gasteiger partial charge in [0.05, 0.1) is 0 Å².